The lowest BCUT2D eigenvalue weighted by Crippen LogP contribution is -2.43. The number of H-pyrrole nitrogens is 1. The van der Waals surface area contributed by atoms with Gasteiger partial charge in [0.2, 0.25) is 5.43 Å². The zero-order chi connectivity index (χ0) is 15.5. The highest BCUT2D eigenvalue weighted by Crippen LogP contribution is 2.26. The Bertz CT molecular complexity index is 681. The second-order valence-corrected chi connectivity index (χ2v) is 5.65. The summed E-state index contributed by atoms with van der Waals surface area (Å²) >= 11 is 1.48. The van der Waals surface area contributed by atoms with Gasteiger partial charge in [-0.2, -0.15) is 0 Å². The lowest BCUT2D eigenvalue weighted by molar-refractivity contribution is 0.0896. The van der Waals surface area contributed by atoms with Crippen LogP contribution in [0.2, 0.25) is 0 Å². The van der Waals surface area contributed by atoms with Crippen molar-refractivity contribution in [1.82, 2.24) is 15.3 Å². The number of aromatic nitrogens is 2. The van der Waals surface area contributed by atoms with Crippen LogP contribution in [0.3, 0.4) is 0 Å². The lowest BCUT2D eigenvalue weighted by Gasteiger charge is -2.27. The minimum Gasteiger partial charge on any atom is -0.491 e. The van der Waals surface area contributed by atoms with Crippen LogP contribution in [0, 0.1) is 0 Å². The fourth-order valence-corrected chi connectivity index (χ4v) is 2.68. The van der Waals surface area contributed by atoms with Crippen LogP contribution >= 0.6 is 11.3 Å². The molecule has 0 radical (unpaired) electrons. The van der Waals surface area contributed by atoms with Gasteiger partial charge in [0.15, 0.2) is 5.75 Å². The van der Waals surface area contributed by atoms with E-state index in [-0.39, 0.29) is 22.8 Å². The molecule has 1 unspecified atom stereocenters. The molecule has 0 spiro atoms. The molecule has 0 saturated carbocycles. The van der Waals surface area contributed by atoms with E-state index < -0.39 is 5.54 Å². The van der Waals surface area contributed by atoms with Crippen LogP contribution in [-0.4, -0.2) is 23.0 Å². The summed E-state index contributed by atoms with van der Waals surface area (Å²) in [4.78, 5) is 31.1. The van der Waals surface area contributed by atoms with Crippen LogP contribution in [0.5, 0.6) is 5.75 Å². The Labute approximate surface area is 126 Å². The molecule has 0 aliphatic carbocycles. The number of ether oxygens (including phenoxy) is 1. The highest BCUT2D eigenvalue weighted by molar-refractivity contribution is 7.09. The van der Waals surface area contributed by atoms with Gasteiger partial charge < -0.3 is 15.0 Å². The van der Waals surface area contributed by atoms with Crippen molar-refractivity contribution in [3.05, 3.63) is 44.8 Å². The van der Waals surface area contributed by atoms with E-state index in [9.17, 15) is 9.59 Å². The number of hydrogen-bond donors (Lipinski definition) is 2. The average Bonchev–Trinajstić information content (AvgIpc) is 3.01. The number of methoxy groups -OCH3 is 1. The monoisotopic (exact) mass is 307 g/mol. The molecule has 1 amide bonds. The van der Waals surface area contributed by atoms with Crippen LogP contribution in [0.25, 0.3) is 0 Å². The third kappa shape index (κ3) is 3.13. The number of carbonyl (C=O) groups is 1. The highest BCUT2D eigenvalue weighted by atomic mass is 32.1. The van der Waals surface area contributed by atoms with E-state index in [0.29, 0.717) is 6.42 Å². The van der Waals surface area contributed by atoms with E-state index in [4.69, 9.17) is 4.74 Å². The first kappa shape index (κ1) is 15.2. The van der Waals surface area contributed by atoms with Crippen molar-refractivity contribution in [2.75, 3.05) is 7.11 Å². The Hall–Kier alpha value is -2.15. The van der Waals surface area contributed by atoms with E-state index in [0.717, 1.165) is 5.01 Å². The predicted molar refractivity (Wildman–Crippen MR) is 80.8 cm³/mol. The summed E-state index contributed by atoms with van der Waals surface area (Å²) in [6.07, 6.45) is 3.77. The van der Waals surface area contributed by atoms with Crippen LogP contribution in [0.4, 0.5) is 0 Å². The van der Waals surface area contributed by atoms with Gasteiger partial charge in [0.1, 0.15) is 10.7 Å². The maximum absolute atomic E-state index is 12.3. The predicted octanol–water partition coefficient (Wildman–Crippen LogP) is 1.90. The van der Waals surface area contributed by atoms with Gasteiger partial charge in [-0.1, -0.05) is 6.92 Å². The van der Waals surface area contributed by atoms with Crippen molar-refractivity contribution in [2.45, 2.75) is 25.8 Å². The van der Waals surface area contributed by atoms with E-state index in [1.807, 2.05) is 19.2 Å². The van der Waals surface area contributed by atoms with Gasteiger partial charge in [0.25, 0.3) is 5.91 Å². The maximum atomic E-state index is 12.3. The van der Waals surface area contributed by atoms with Crippen molar-refractivity contribution in [2.24, 2.45) is 0 Å². The fraction of sp³-hybridized carbons (Fsp3) is 0.357. The van der Waals surface area contributed by atoms with Crippen LogP contribution in [0.15, 0.2) is 28.6 Å². The highest BCUT2D eigenvalue weighted by Gasteiger charge is 2.29. The quantitative estimate of drug-likeness (QED) is 0.883. The number of thiazole rings is 1. The fourth-order valence-electron chi connectivity index (χ4n) is 1.86. The number of hydrogen-bond acceptors (Lipinski definition) is 5. The largest absolute Gasteiger partial charge is 0.491 e. The first-order valence-electron chi connectivity index (χ1n) is 6.49. The number of carbonyl (C=O) groups excluding carboxylic acids is 1. The zero-order valence-corrected chi connectivity index (χ0v) is 12.9. The molecule has 0 bridgehead atoms. The standard InChI is InChI=1S/C14H17N3O3S/c1-4-14(2,13-15-5-6-21-13)17-12(19)9-7-10(18)11(20-3)8-16-9/h5-8H,4H2,1-3H3,(H,16,18)(H,17,19). The van der Waals surface area contributed by atoms with Gasteiger partial charge in [-0.3, -0.25) is 9.59 Å². The minimum atomic E-state index is -0.567. The molecule has 0 saturated heterocycles. The van der Waals surface area contributed by atoms with Crippen LogP contribution in [-0.2, 0) is 5.54 Å². The van der Waals surface area contributed by atoms with E-state index in [1.165, 1.54) is 30.7 Å². The average molecular weight is 307 g/mol. The number of rotatable bonds is 5. The smallest absolute Gasteiger partial charge is 0.268 e. The second-order valence-electron chi connectivity index (χ2n) is 4.76. The lowest BCUT2D eigenvalue weighted by atomic mass is 9.99. The first-order chi connectivity index (χ1) is 10.00. The molecule has 2 heterocycles. The van der Waals surface area contributed by atoms with Crippen molar-refractivity contribution in [3.8, 4) is 5.75 Å². The van der Waals surface area contributed by atoms with Gasteiger partial charge in [-0.25, -0.2) is 4.98 Å². The molecule has 0 aromatic carbocycles. The maximum Gasteiger partial charge on any atom is 0.268 e. The van der Waals surface area contributed by atoms with E-state index in [1.54, 1.807) is 6.20 Å². The molecule has 2 rings (SSSR count). The SMILES string of the molecule is CCC(C)(NC(=O)c1cc(=O)c(OC)c[nH]1)c1nccs1. The molecule has 7 heteroatoms. The Kier molecular flexibility index (Phi) is 4.42. The molecule has 0 aliphatic rings. The molecular weight excluding hydrogens is 290 g/mol. The summed E-state index contributed by atoms with van der Waals surface area (Å²) in [5.41, 5.74) is -0.715. The van der Waals surface area contributed by atoms with Crippen LogP contribution < -0.4 is 15.5 Å². The Morgan fingerprint density at radius 1 is 1.57 bits per heavy atom. The molecule has 6 nitrogen and oxygen atoms in total. The Morgan fingerprint density at radius 2 is 2.33 bits per heavy atom. The Morgan fingerprint density at radius 3 is 2.86 bits per heavy atom. The van der Waals surface area contributed by atoms with Gasteiger partial charge in [0, 0.05) is 23.8 Å². The number of amides is 1. The third-order valence-corrected chi connectivity index (χ3v) is 4.38. The summed E-state index contributed by atoms with van der Waals surface area (Å²) in [5.74, 6) is -0.181. The molecule has 112 valence electrons. The van der Waals surface area contributed by atoms with Gasteiger partial charge in [-0.05, 0) is 13.3 Å². The molecule has 2 aromatic heterocycles. The number of nitrogens with zero attached hydrogens (tertiary/aromatic N) is 1. The van der Waals surface area contributed by atoms with E-state index >= 15 is 0 Å². The molecule has 0 aliphatic heterocycles. The van der Waals surface area contributed by atoms with Crippen molar-refractivity contribution in [3.63, 3.8) is 0 Å². The topological polar surface area (TPSA) is 84.1 Å². The summed E-state index contributed by atoms with van der Waals surface area (Å²) in [6.45, 7) is 3.88. The van der Waals surface area contributed by atoms with Crippen LogP contribution in [0.1, 0.15) is 35.8 Å². The third-order valence-electron chi connectivity index (χ3n) is 3.34. The summed E-state index contributed by atoms with van der Waals surface area (Å²) < 4.78 is 4.88. The Balaban J connectivity index is 2.24. The molecule has 2 aromatic rings. The van der Waals surface area contributed by atoms with Crippen molar-refractivity contribution < 1.29 is 9.53 Å². The zero-order valence-electron chi connectivity index (χ0n) is 12.1. The van der Waals surface area contributed by atoms with Gasteiger partial charge in [0.05, 0.1) is 12.6 Å². The molecule has 2 N–H and O–H groups in total. The summed E-state index contributed by atoms with van der Waals surface area (Å²) in [6, 6.07) is 1.23. The number of pyridine rings is 1. The minimum absolute atomic E-state index is 0.171. The van der Waals surface area contributed by atoms with Gasteiger partial charge >= 0.3 is 0 Å². The molecular formula is C14H17N3O3S. The van der Waals surface area contributed by atoms with Crippen molar-refractivity contribution in [1.29, 1.82) is 0 Å². The summed E-state index contributed by atoms with van der Waals surface area (Å²) in [5, 5.41) is 5.62. The number of aromatic amines is 1. The second kappa shape index (κ2) is 6.09. The normalized spacial score (nSPS) is 13.5. The number of nitrogens with one attached hydrogen (secondary N) is 2. The molecule has 21 heavy (non-hydrogen) atoms. The van der Waals surface area contributed by atoms with Gasteiger partial charge in [-0.15, -0.1) is 11.3 Å². The first-order valence-corrected chi connectivity index (χ1v) is 7.37. The summed E-state index contributed by atoms with van der Waals surface area (Å²) in [7, 11) is 1.40. The molecule has 0 fully saturated rings. The van der Waals surface area contributed by atoms with E-state index in [2.05, 4.69) is 15.3 Å². The van der Waals surface area contributed by atoms with Crippen molar-refractivity contribution >= 4 is 17.2 Å². The molecule has 1 atom stereocenters.